The van der Waals surface area contributed by atoms with Crippen LogP contribution < -0.4 is 5.32 Å². The summed E-state index contributed by atoms with van der Waals surface area (Å²) in [5, 5.41) is 3.72. The molecule has 0 fully saturated rings. The van der Waals surface area contributed by atoms with Crippen molar-refractivity contribution in [2.45, 2.75) is 20.8 Å². The molecule has 4 heteroatoms. The van der Waals surface area contributed by atoms with E-state index in [1.165, 1.54) is 0 Å². The van der Waals surface area contributed by atoms with Gasteiger partial charge in [0.1, 0.15) is 5.82 Å². The molecule has 1 heterocycles. The summed E-state index contributed by atoms with van der Waals surface area (Å²) in [5.74, 6) is 0.599. The molecule has 0 bridgehead atoms. The van der Waals surface area contributed by atoms with Gasteiger partial charge < -0.3 is 5.32 Å². The Morgan fingerprint density at radius 3 is 2.76 bits per heavy atom. The molecule has 0 radical (unpaired) electrons. The summed E-state index contributed by atoms with van der Waals surface area (Å²) in [5.41, 5.74) is 2.24. The van der Waals surface area contributed by atoms with Gasteiger partial charge in [-0.3, -0.25) is 4.79 Å². The maximum absolute atomic E-state index is 11.9. The molecular weight excluding hydrogens is 214 g/mol. The van der Waals surface area contributed by atoms with Crippen LogP contribution in [0.3, 0.4) is 0 Å². The van der Waals surface area contributed by atoms with Gasteiger partial charge in [-0.05, 0) is 26.8 Å². The molecule has 1 aromatic carbocycles. The van der Waals surface area contributed by atoms with E-state index in [1.807, 2.05) is 32.9 Å². The van der Waals surface area contributed by atoms with Crippen molar-refractivity contribution < 1.29 is 4.79 Å². The average Bonchev–Trinajstić information content (AvgIpc) is 2.28. The van der Waals surface area contributed by atoms with Crippen molar-refractivity contribution in [1.29, 1.82) is 0 Å². The minimum atomic E-state index is -0.0874. The summed E-state index contributed by atoms with van der Waals surface area (Å²) >= 11 is 0. The number of fused-ring (bicyclic) bond motifs is 1. The summed E-state index contributed by atoms with van der Waals surface area (Å²) in [4.78, 5) is 20.6. The second-order valence-corrected chi connectivity index (χ2v) is 3.92. The smallest absolute Gasteiger partial charge is 0.253 e. The van der Waals surface area contributed by atoms with E-state index in [2.05, 4.69) is 15.3 Å². The minimum Gasteiger partial charge on any atom is -0.352 e. The first-order chi connectivity index (χ1) is 8.13. The SMILES string of the molecule is CCNC(=O)c1cccc2c(C)nc(C)nc12. The van der Waals surface area contributed by atoms with Crippen LogP contribution in [0, 0.1) is 13.8 Å². The third-order valence-electron chi connectivity index (χ3n) is 2.61. The number of para-hydroxylation sites is 1. The molecule has 0 saturated carbocycles. The molecule has 0 saturated heterocycles. The largest absolute Gasteiger partial charge is 0.352 e. The standard InChI is InChI=1S/C13H15N3O/c1-4-14-13(17)11-7-5-6-10-8(2)15-9(3)16-12(10)11/h5-7H,4H2,1-3H3,(H,14,17). The molecule has 0 aliphatic heterocycles. The van der Waals surface area contributed by atoms with Crippen LogP contribution in [0.4, 0.5) is 0 Å². The van der Waals surface area contributed by atoms with Gasteiger partial charge in [-0.25, -0.2) is 9.97 Å². The number of nitrogens with one attached hydrogen (secondary N) is 1. The van der Waals surface area contributed by atoms with E-state index in [1.54, 1.807) is 6.07 Å². The van der Waals surface area contributed by atoms with Crippen molar-refractivity contribution in [2.24, 2.45) is 0 Å². The van der Waals surface area contributed by atoms with Crippen LogP contribution in [0.5, 0.6) is 0 Å². The highest BCUT2D eigenvalue weighted by Gasteiger charge is 2.12. The van der Waals surface area contributed by atoms with Gasteiger partial charge in [0, 0.05) is 17.6 Å². The monoisotopic (exact) mass is 229 g/mol. The van der Waals surface area contributed by atoms with Crippen LogP contribution >= 0.6 is 0 Å². The summed E-state index contributed by atoms with van der Waals surface area (Å²) < 4.78 is 0. The van der Waals surface area contributed by atoms with Crippen LogP contribution in [0.25, 0.3) is 10.9 Å². The van der Waals surface area contributed by atoms with E-state index in [-0.39, 0.29) is 5.91 Å². The van der Waals surface area contributed by atoms with Crippen molar-refractivity contribution in [1.82, 2.24) is 15.3 Å². The average molecular weight is 229 g/mol. The molecule has 0 aliphatic carbocycles. The fourth-order valence-corrected chi connectivity index (χ4v) is 1.88. The first kappa shape index (κ1) is 11.5. The Hall–Kier alpha value is -1.97. The van der Waals surface area contributed by atoms with Gasteiger partial charge in [-0.1, -0.05) is 12.1 Å². The third kappa shape index (κ3) is 2.11. The summed E-state index contributed by atoms with van der Waals surface area (Å²) in [6.07, 6.45) is 0. The molecule has 1 N–H and O–H groups in total. The van der Waals surface area contributed by atoms with Crippen molar-refractivity contribution in [3.8, 4) is 0 Å². The summed E-state index contributed by atoms with van der Waals surface area (Å²) in [6, 6.07) is 5.59. The fourth-order valence-electron chi connectivity index (χ4n) is 1.88. The molecular formula is C13H15N3O. The van der Waals surface area contributed by atoms with Gasteiger partial charge in [0.2, 0.25) is 0 Å². The third-order valence-corrected chi connectivity index (χ3v) is 2.61. The first-order valence-electron chi connectivity index (χ1n) is 5.65. The Kier molecular flexibility index (Phi) is 3.04. The zero-order chi connectivity index (χ0) is 12.4. The molecule has 2 aromatic rings. The van der Waals surface area contributed by atoms with E-state index in [4.69, 9.17) is 0 Å². The van der Waals surface area contributed by atoms with Crippen molar-refractivity contribution >= 4 is 16.8 Å². The van der Waals surface area contributed by atoms with E-state index < -0.39 is 0 Å². The molecule has 0 spiro atoms. The van der Waals surface area contributed by atoms with Gasteiger partial charge in [-0.15, -0.1) is 0 Å². The number of rotatable bonds is 2. The lowest BCUT2D eigenvalue weighted by molar-refractivity contribution is 0.0957. The quantitative estimate of drug-likeness (QED) is 0.856. The number of carbonyl (C=O) groups excluding carboxylic acids is 1. The molecule has 0 atom stereocenters. The highest BCUT2D eigenvalue weighted by atomic mass is 16.1. The zero-order valence-corrected chi connectivity index (χ0v) is 10.2. The molecule has 0 aliphatic rings. The van der Waals surface area contributed by atoms with Gasteiger partial charge >= 0.3 is 0 Å². The fraction of sp³-hybridized carbons (Fsp3) is 0.308. The van der Waals surface area contributed by atoms with Crippen LogP contribution in [-0.4, -0.2) is 22.4 Å². The lowest BCUT2D eigenvalue weighted by Crippen LogP contribution is -2.23. The molecule has 2 rings (SSSR count). The van der Waals surface area contributed by atoms with Gasteiger partial charge in [0.05, 0.1) is 11.1 Å². The van der Waals surface area contributed by atoms with E-state index >= 15 is 0 Å². The van der Waals surface area contributed by atoms with Gasteiger partial charge in [0.25, 0.3) is 5.91 Å². The molecule has 0 unspecified atom stereocenters. The number of hydrogen-bond donors (Lipinski definition) is 1. The van der Waals surface area contributed by atoms with E-state index in [0.717, 1.165) is 16.6 Å². The van der Waals surface area contributed by atoms with Crippen molar-refractivity contribution in [3.05, 3.63) is 35.3 Å². The maximum atomic E-state index is 11.9. The van der Waals surface area contributed by atoms with Crippen LogP contribution in [-0.2, 0) is 0 Å². The van der Waals surface area contributed by atoms with Crippen LogP contribution in [0.15, 0.2) is 18.2 Å². The second-order valence-electron chi connectivity index (χ2n) is 3.92. The highest BCUT2D eigenvalue weighted by molar-refractivity contribution is 6.05. The molecule has 1 aromatic heterocycles. The number of hydrogen-bond acceptors (Lipinski definition) is 3. The van der Waals surface area contributed by atoms with E-state index in [9.17, 15) is 4.79 Å². The topological polar surface area (TPSA) is 54.9 Å². The van der Waals surface area contributed by atoms with E-state index in [0.29, 0.717) is 17.9 Å². The molecule has 1 amide bonds. The number of carbonyl (C=O) groups is 1. The summed E-state index contributed by atoms with van der Waals surface area (Å²) in [7, 11) is 0. The molecule has 4 nitrogen and oxygen atoms in total. The Bertz CT molecular complexity index is 578. The van der Waals surface area contributed by atoms with Gasteiger partial charge in [-0.2, -0.15) is 0 Å². The van der Waals surface area contributed by atoms with Crippen molar-refractivity contribution in [3.63, 3.8) is 0 Å². The van der Waals surface area contributed by atoms with Gasteiger partial charge in [0.15, 0.2) is 0 Å². The predicted octanol–water partition coefficient (Wildman–Crippen LogP) is 2.00. The second kappa shape index (κ2) is 4.49. The van der Waals surface area contributed by atoms with Crippen LogP contribution in [0.2, 0.25) is 0 Å². The number of aryl methyl sites for hydroxylation is 2. The van der Waals surface area contributed by atoms with Crippen LogP contribution in [0.1, 0.15) is 28.8 Å². The predicted molar refractivity (Wildman–Crippen MR) is 67.0 cm³/mol. The number of nitrogens with zero attached hydrogens (tertiary/aromatic N) is 2. The number of benzene rings is 1. The molecule has 17 heavy (non-hydrogen) atoms. The minimum absolute atomic E-state index is 0.0874. The summed E-state index contributed by atoms with van der Waals surface area (Å²) in [6.45, 7) is 6.27. The Balaban J connectivity index is 2.68. The molecule has 88 valence electrons. The zero-order valence-electron chi connectivity index (χ0n) is 10.2. The Morgan fingerprint density at radius 2 is 2.06 bits per heavy atom. The normalized spacial score (nSPS) is 10.5. The lowest BCUT2D eigenvalue weighted by atomic mass is 10.1. The van der Waals surface area contributed by atoms with Crippen molar-refractivity contribution in [2.75, 3.05) is 6.54 Å². The Morgan fingerprint density at radius 1 is 1.29 bits per heavy atom. The number of aromatic nitrogens is 2. The Labute approximate surface area is 100 Å². The first-order valence-corrected chi connectivity index (χ1v) is 5.65. The highest BCUT2D eigenvalue weighted by Crippen LogP contribution is 2.19. The number of amides is 1. The lowest BCUT2D eigenvalue weighted by Gasteiger charge is -2.08. The maximum Gasteiger partial charge on any atom is 0.253 e.